The number of aryl methyl sites for hydroxylation is 2. The Balaban J connectivity index is 1.16. The molecule has 5 rings (SSSR count). The van der Waals surface area contributed by atoms with Crippen molar-refractivity contribution in [1.82, 2.24) is 25.3 Å². The summed E-state index contributed by atoms with van der Waals surface area (Å²) in [6.07, 6.45) is 19.6. The zero-order valence-electron chi connectivity index (χ0n) is 29.5. The molecule has 4 heterocycles. The summed E-state index contributed by atoms with van der Waals surface area (Å²) in [6.45, 7) is 10.9. The summed E-state index contributed by atoms with van der Waals surface area (Å²) in [6, 6.07) is 15.2. The summed E-state index contributed by atoms with van der Waals surface area (Å²) in [5, 5.41) is 31.4. The van der Waals surface area contributed by atoms with Crippen LogP contribution in [0.2, 0.25) is 0 Å². The first-order valence-electron chi connectivity index (χ1n) is 18.2. The van der Waals surface area contributed by atoms with E-state index in [1.807, 2.05) is 37.3 Å². The van der Waals surface area contributed by atoms with Crippen molar-refractivity contribution in [2.45, 2.75) is 84.6 Å². The van der Waals surface area contributed by atoms with Crippen molar-refractivity contribution in [3.63, 3.8) is 0 Å². The maximum atomic E-state index is 11.4. The number of carbonyl (C=O) groups is 1. The third kappa shape index (κ3) is 10.1. The summed E-state index contributed by atoms with van der Waals surface area (Å²) in [5.74, 6) is 0.805. The smallest absolute Gasteiger partial charge is 0.306 e. The van der Waals surface area contributed by atoms with Gasteiger partial charge in [0.2, 0.25) is 0 Å². The number of anilines is 2. The van der Waals surface area contributed by atoms with Crippen LogP contribution in [0.1, 0.15) is 82.0 Å². The number of nitrogens with one attached hydrogen (secondary N) is 1. The van der Waals surface area contributed by atoms with E-state index in [0.29, 0.717) is 32.0 Å². The summed E-state index contributed by atoms with van der Waals surface area (Å²) in [4.78, 5) is 16.1. The Labute approximate surface area is 292 Å². The molecule has 0 aliphatic carbocycles. The highest BCUT2D eigenvalue weighted by Gasteiger charge is 2.26. The second-order valence-corrected chi connectivity index (χ2v) is 13.3. The molecule has 0 saturated carbocycles. The van der Waals surface area contributed by atoms with Gasteiger partial charge in [-0.25, -0.2) is 0 Å². The number of hydrogen-bond acceptors (Lipinski definition) is 8. The van der Waals surface area contributed by atoms with Gasteiger partial charge in [-0.1, -0.05) is 74.1 Å². The van der Waals surface area contributed by atoms with Gasteiger partial charge in [0.1, 0.15) is 0 Å². The Morgan fingerprint density at radius 3 is 2.55 bits per heavy atom. The van der Waals surface area contributed by atoms with E-state index in [9.17, 15) is 9.90 Å². The van der Waals surface area contributed by atoms with E-state index < -0.39 is 5.97 Å². The molecule has 0 spiro atoms. The Morgan fingerprint density at radius 2 is 1.82 bits per heavy atom. The molecule has 9 heteroatoms. The number of carboxylic acid groups (broad SMARTS) is 1. The number of unbranched alkanes of at least 4 members (excludes halogenated alkanes) is 3. The Kier molecular flexibility index (Phi) is 13.5. The maximum Gasteiger partial charge on any atom is 0.306 e. The van der Waals surface area contributed by atoms with Crippen molar-refractivity contribution in [2.24, 2.45) is 5.92 Å². The van der Waals surface area contributed by atoms with Gasteiger partial charge in [-0.2, -0.15) is 0 Å². The first kappa shape index (κ1) is 35.9. The fraction of sp³-hybridized carbons (Fsp3) is 0.475. The highest BCUT2D eigenvalue weighted by molar-refractivity contribution is 5.74. The normalized spacial score (nSPS) is 17.8. The number of likely N-dealkylation sites (tertiary alicyclic amines) is 1. The first-order chi connectivity index (χ1) is 24.0. The SMILES string of the molecule is C\C=C/C=C(\C=C\CCCCCc1cc(-c2ccccc2)nnc1NCC1CCCN1CC)c1cc(C)c(N2CCC(C(=O)O)CC2)nn1. The molecule has 49 heavy (non-hydrogen) atoms. The van der Waals surface area contributed by atoms with Crippen LogP contribution in [0.5, 0.6) is 0 Å². The first-order valence-corrected chi connectivity index (χ1v) is 18.2. The highest BCUT2D eigenvalue weighted by atomic mass is 16.4. The molecule has 3 aromatic rings. The molecular formula is C40H53N7O2. The largest absolute Gasteiger partial charge is 0.481 e. The number of hydrogen-bond donors (Lipinski definition) is 2. The van der Waals surface area contributed by atoms with Gasteiger partial charge in [-0.3, -0.25) is 9.69 Å². The number of rotatable bonds is 16. The topological polar surface area (TPSA) is 107 Å². The molecule has 2 aliphatic rings. The Bertz CT molecular complexity index is 1600. The third-order valence-electron chi connectivity index (χ3n) is 9.83. The minimum Gasteiger partial charge on any atom is -0.481 e. The van der Waals surface area contributed by atoms with Crippen LogP contribution in [-0.4, -0.2) is 75.1 Å². The van der Waals surface area contributed by atoms with E-state index in [1.54, 1.807) is 0 Å². The summed E-state index contributed by atoms with van der Waals surface area (Å²) < 4.78 is 0. The monoisotopic (exact) mass is 663 g/mol. The van der Waals surface area contributed by atoms with Gasteiger partial charge >= 0.3 is 5.97 Å². The summed E-state index contributed by atoms with van der Waals surface area (Å²) in [5.41, 5.74) is 6.19. The number of benzene rings is 1. The predicted molar refractivity (Wildman–Crippen MR) is 200 cm³/mol. The fourth-order valence-corrected chi connectivity index (χ4v) is 6.94. The minimum absolute atomic E-state index is 0.266. The molecular weight excluding hydrogens is 610 g/mol. The van der Waals surface area contributed by atoms with Crippen molar-refractivity contribution >= 4 is 23.2 Å². The van der Waals surface area contributed by atoms with Gasteiger partial charge in [0.05, 0.1) is 17.3 Å². The Morgan fingerprint density at radius 1 is 1.00 bits per heavy atom. The van der Waals surface area contributed by atoms with Crippen LogP contribution in [0, 0.1) is 12.8 Å². The van der Waals surface area contributed by atoms with Crippen molar-refractivity contribution < 1.29 is 9.90 Å². The lowest BCUT2D eigenvalue weighted by atomic mass is 9.97. The quantitative estimate of drug-likeness (QED) is 0.117. The molecule has 2 aliphatic heterocycles. The number of aliphatic carboxylic acids is 1. The van der Waals surface area contributed by atoms with Crippen LogP contribution in [0.3, 0.4) is 0 Å². The van der Waals surface area contributed by atoms with Crippen LogP contribution in [0.15, 0.2) is 72.8 Å². The lowest BCUT2D eigenvalue weighted by Crippen LogP contribution is -2.37. The molecule has 260 valence electrons. The third-order valence-corrected chi connectivity index (χ3v) is 9.83. The molecule has 0 radical (unpaired) electrons. The van der Waals surface area contributed by atoms with Crippen LogP contribution in [0.4, 0.5) is 11.6 Å². The molecule has 1 atom stereocenters. The molecule has 1 unspecified atom stereocenters. The maximum absolute atomic E-state index is 11.4. The van der Waals surface area contributed by atoms with Crippen LogP contribution >= 0.6 is 0 Å². The van der Waals surface area contributed by atoms with Gasteiger partial charge < -0.3 is 15.3 Å². The van der Waals surface area contributed by atoms with E-state index in [-0.39, 0.29) is 5.92 Å². The highest BCUT2D eigenvalue weighted by Crippen LogP contribution is 2.27. The zero-order chi connectivity index (χ0) is 34.4. The zero-order valence-corrected chi connectivity index (χ0v) is 29.5. The van der Waals surface area contributed by atoms with E-state index in [1.165, 1.54) is 24.9 Å². The van der Waals surface area contributed by atoms with E-state index in [2.05, 4.69) is 91.9 Å². The molecule has 2 fully saturated rings. The summed E-state index contributed by atoms with van der Waals surface area (Å²) >= 11 is 0. The van der Waals surface area contributed by atoms with Crippen molar-refractivity contribution in [2.75, 3.05) is 42.9 Å². The van der Waals surface area contributed by atoms with Gasteiger partial charge in [0, 0.05) is 36.8 Å². The van der Waals surface area contributed by atoms with Gasteiger partial charge in [0.25, 0.3) is 0 Å². The van der Waals surface area contributed by atoms with Crippen LogP contribution < -0.4 is 10.2 Å². The number of likely N-dealkylation sites (N-methyl/N-ethyl adjacent to an activating group) is 1. The van der Waals surface area contributed by atoms with Gasteiger partial charge in [-0.15, -0.1) is 20.4 Å². The molecule has 0 amide bonds. The number of allylic oxidation sites excluding steroid dienone is 6. The van der Waals surface area contributed by atoms with E-state index in [4.69, 9.17) is 0 Å². The minimum atomic E-state index is -0.702. The molecule has 9 nitrogen and oxygen atoms in total. The number of piperidine rings is 1. The Hall–Kier alpha value is -4.37. The van der Waals surface area contributed by atoms with E-state index in [0.717, 1.165) is 84.9 Å². The second kappa shape index (κ2) is 18.4. The van der Waals surface area contributed by atoms with Gasteiger partial charge in [-0.05, 0) is 102 Å². The fourth-order valence-electron chi connectivity index (χ4n) is 6.94. The number of nitrogens with zero attached hydrogens (tertiary/aromatic N) is 6. The predicted octanol–water partition coefficient (Wildman–Crippen LogP) is 7.76. The van der Waals surface area contributed by atoms with Crippen molar-refractivity contribution in [1.29, 1.82) is 0 Å². The number of aromatic nitrogens is 4. The number of carboxylic acids is 1. The lowest BCUT2D eigenvalue weighted by Gasteiger charge is -2.31. The molecule has 2 aromatic heterocycles. The van der Waals surface area contributed by atoms with Crippen molar-refractivity contribution in [3.05, 3.63) is 89.7 Å². The molecule has 2 saturated heterocycles. The van der Waals surface area contributed by atoms with E-state index >= 15 is 0 Å². The average Bonchev–Trinajstić information content (AvgIpc) is 3.60. The van der Waals surface area contributed by atoms with Crippen LogP contribution in [-0.2, 0) is 11.2 Å². The average molecular weight is 664 g/mol. The molecule has 1 aromatic carbocycles. The van der Waals surface area contributed by atoms with Gasteiger partial charge in [0.15, 0.2) is 11.6 Å². The second-order valence-electron chi connectivity index (χ2n) is 13.3. The van der Waals surface area contributed by atoms with Crippen LogP contribution in [0.25, 0.3) is 16.8 Å². The summed E-state index contributed by atoms with van der Waals surface area (Å²) in [7, 11) is 0. The molecule has 0 bridgehead atoms. The van der Waals surface area contributed by atoms with Crippen molar-refractivity contribution in [3.8, 4) is 11.3 Å². The lowest BCUT2D eigenvalue weighted by molar-refractivity contribution is -0.142. The molecule has 2 N–H and O–H groups in total. The standard InChI is InChI=1S/C40H53N7O2/c1-4-6-16-31(36-27-30(3)39(45-43-36)47-25-22-33(23-26-47)40(48)49)17-11-8-7-9-12-20-34-28-37(32-18-13-10-14-19-32)42-44-38(34)41-29-35-21-15-24-46(35)5-2/h4,6,10-11,13-14,16-19,27-28,33,35H,5,7-9,12,15,20-26,29H2,1-3H3,(H,41,44)(H,48,49)/b6-4-,17-11+,31-16+.